The first kappa shape index (κ1) is 34.1. The number of benzene rings is 1. The highest BCUT2D eigenvalue weighted by Crippen LogP contribution is 2.40. The molecule has 0 radical (unpaired) electrons. The molecular formula is C31H30N10O7S2. The van der Waals surface area contributed by atoms with Crippen molar-refractivity contribution in [2.45, 2.75) is 44.0 Å². The number of oxime groups is 1. The Hall–Kier alpha value is -5.82. The summed E-state index contributed by atoms with van der Waals surface area (Å²) in [6.45, 7) is 3.20. The largest absolute Gasteiger partial charge is 0.543 e. The Morgan fingerprint density at radius 3 is 2.62 bits per heavy atom. The highest BCUT2D eigenvalue weighted by Gasteiger charge is 2.53. The number of amidine groups is 1. The van der Waals surface area contributed by atoms with Gasteiger partial charge in [0.1, 0.15) is 17.3 Å². The number of pyridine rings is 1. The van der Waals surface area contributed by atoms with Crippen molar-refractivity contribution in [3.63, 3.8) is 0 Å². The van der Waals surface area contributed by atoms with Crippen molar-refractivity contribution in [2.75, 3.05) is 11.5 Å². The number of nitrogens with one attached hydrogen (secondary N) is 2. The van der Waals surface area contributed by atoms with E-state index in [2.05, 4.69) is 24.4 Å². The predicted molar refractivity (Wildman–Crippen MR) is 179 cm³/mol. The summed E-state index contributed by atoms with van der Waals surface area (Å²) in [6.07, 6.45) is 5.65. The van der Waals surface area contributed by atoms with E-state index in [0.29, 0.717) is 17.7 Å². The topological polar surface area (TPSA) is 259 Å². The molecule has 4 aromatic rings. The zero-order chi connectivity index (χ0) is 35.9. The van der Waals surface area contributed by atoms with Crippen LogP contribution in [0.15, 0.2) is 71.4 Å². The quantitative estimate of drug-likeness (QED) is 0.0404. The fourth-order valence-corrected chi connectivity index (χ4v) is 7.12. The van der Waals surface area contributed by atoms with Gasteiger partial charge in [-0.15, -0.1) is 11.8 Å². The smallest absolute Gasteiger partial charge is 0.350 e. The number of nitrogen functional groups attached to an aromatic ring is 2. The summed E-state index contributed by atoms with van der Waals surface area (Å²) in [5.74, 6) is -4.51. The van der Waals surface area contributed by atoms with E-state index in [0.717, 1.165) is 32.9 Å². The summed E-state index contributed by atoms with van der Waals surface area (Å²) < 4.78 is 7.84. The Morgan fingerprint density at radius 1 is 1.24 bits per heavy atom. The minimum atomic E-state index is -1.81. The molecule has 0 unspecified atom stereocenters. The molecule has 2 amide bonds. The number of anilines is 1. The van der Waals surface area contributed by atoms with Gasteiger partial charge in [0.25, 0.3) is 11.8 Å². The van der Waals surface area contributed by atoms with Crippen molar-refractivity contribution in [3.8, 4) is 0 Å². The lowest BCUT2D eigenvalue weighted by Gasteiger charge is -2.50. The minimum absolute atomic E-state index is 0.00292. The Labute approximate surface area is 291 Å². The molecule has 1 fully saturated rings. The van der Waals surface area contributed by atoms with Gasteiger partial charge in [-0.2, -0.15) is 9.36 Å². The van der Waals surface area contributed by atoms with Gasteiger partial charge in [0, 0.05) is 47.2 Å². The number of fused-ring (bicyclic) bond motifs is 2. The number of nitrogens with zero attached hydrogens (tertiary/aromatic N) is 6. The molecule has 2 atom stereocenters. The van der Waals surface area contributed by atoms with E-state index in [1.807, 2.05) is 47.4 Å². The van der Waals surface area contributed by atoms with Gasteiger partial charge in [0.05, 0.1) is 22.6 Å². The van der Waals surface area contributed by atoms with Gasteiger partial charge in [-0.25, -0.2) is 9.36 Å². The van der Waals surface area contributed by atoms with Crippen LogP contribution in [0, 0.1) is 5.41 Å². The summed E-state index contributed by atoms with van der Waals surface area (Å²) >= 11 is 2.03. The van der Waals surface area contributed by atoms with Crippen molar-refractivity contribution >= 4 is 74.6 Å². The van der Waals surface area contributed by atoms with Crippen molar-refractivity contribution in [2.24, 2.45) is 10.9 Å². The maximum Gasteiger partial charge on any atom is 0.350 e. The second-order valence-corrected chi connectivity index (χ2v) is 13.8. The fourth-order valence-electron chi connectivity index (χ4n) is 5.35. The Morgan fingerprint density at radius 2 is 1.98 bits per heavy atom. The van der Waals surface area contributed by atoms with Crippen LogP contribution in [-0.4, -0.2) is 82.0 Å². The van der Waals surface area contributed by atoms with Crippen LogP contribution in [-0.2, 0) is 37.1 Å². The van der Waals surface area contributed by atoms with Crippen LogP contribution in [0.2, 0.25) is 0 Å². The molecule has 0 saturated carbocycles. The number of carboxylic acids is 2. The first-order valence-corrected chi connectivity index (χ1v) is 16.7. The predicted octanol–water partition coefficient (Wildman–Crippen LogP) is -0.617. The van der Waals surface area contributed by atoms with Gasteiger partial charge in [-0.05, 0) is 25.5 Å². The Bertz CT molecular complexity index is 2120. The van der Waals surface area contributed by atoms with Crippen LogP contribution in [0.4, 0.5) is 5.13 Å². The van der Waals surface area contributed by atoms with Crippen LogP contribution >= 0.6 is 23.3 Å². The molecule has 3 aromatic heterocycles. The number of aromatic nitrogens is 4. The number of nitrogens with two attached hydrogens (primary N) is 2. The van der Waals surface area contributed by atoms with Gasteiger partial charge in [-0.3, -0.25) is 19.9 Å². The molecule has 19 heteroatoms. The van der Waals surface area contributed by atoms with Crippen molar-refractivity contribution in [1.29, 1.82) is 5.41 Å². The molecule has 2 aliphatic rings. The number of hydrogen-bond acceptors (Lipinski definition) is 13. The molecule has 17 nitrogen and oxygen atoms in total. The van der Waals surface area contributed by atoms with Gasteiger partial charge in [-0.1, -0.05) is 29.4 Å². The molecule has 0 aliphatic carbocycles. The fraction of sp³-hybridized carbons (Fsp3) is 0.258. The molecule has 1 saturated heterocycles. The second kappa shape index (κ2) is 13.2. The minimum Gasteiger partial charge on any atom is -0.543 e. The Kier molecular flexibility index (Phi) is 9.02. The zero-order valence-electron chi connectivity index (χ0n) is 26.5. The van der Waals surface area contributed by atoms with Crippen molar-refractivity contribution < 1.29 is 38.8 Å². The molecule has 1 aromatic carbocycles. The number of carbonyl (C=O) groups excluding carboxylic acids is 3. The normalized spacial score (nSPS) is 17.7. The summed E-state index contributed by atoms with van der Waals surface area (Å²) in [5.41, 5.74) is 11.7. The third-order valence-corrected chi connectivity index (χ3v) is 9.92. The van der Waals surface area contributed by atoms with Crippen molar-refractivity contribution in [3.05, 3.63) is 83.2 Å². The third-order valence-electron chi connectivity index (χ3n) is 8.04. The van der Waals surface area contributed by atoms with Crippen LogP contribution in [0.5, 0.6) is 0 Å². The summed E-state index contributed by atoms with van der Waals surface area (Å²) in [6, 6.07) is 10.2. The van der Waals surface area contributed by atoms with Crippen LogP contribution in [0.3, 0.4) is 0 Å². The lowest BCUT2D eigenvalue weighted by molar-refractivity contribution is -0.687. The zero-order valence-corrected chi connectivity index (χ0v) is 28.2. The number of hydrogen-bond donors (Lipinski definition) is 5. The highest BCUT2D eigenvalue weighted by molar-refractivity contribution is 8.00. The molecular weight excluding hydrogens is 689 g/mol. The van der Waals surface area contributed by atoms with Crippen LogP contribution in [0.1, 0.15) is 30.8 Å². The standard InChI is InChI=1S/C31H30N10O7S2/c1-31(2,29(46)47)48-37-20(24-36-30(34)50-38-24)25(42)35-21-26(43)41-22(28(44)45)18(14-49-27(21)41)13-39-9-8-19-17(12-39)7-10-40(19)11-15-3-5-16(6-4-15)23(32)33/h3-10,12,21,27H,11,13-14H2,1-2H3,(H7-,32,33,34,35,36,38,42,44,45,46,47)/b37-20-/t21-,27-/m1/s1. The van der Waals surface area contributed by atoms with E-state index in [1.165, 1.54) is 25.6 Å². The van der Waals surface area contributed by atoms with E-state index in [1.54, 1.807) is 12.1 Å². The summed E-state index contributed by atoms with van der Waals surface area (Å²) in [5, 5.41) is 35.7. The second-order valence-electron chi connectivity index (χ2n) is 11.9. The van der Waals surface area contributed by atoms with E-state index in [4.69, 9.17) is 21.7 Å². The van der Waals surface area contributed by atoms with Gasteiger partial charge < -0.3 is 41.2 Å². The van der Waals surface area contributed by atoms with Crippen LogP contribution in [0.25, 0.3) is 10.9 Å². The summed E-state index contributed by atoms with van der Waals surface area (Å²) in [7, 11) is 0. The summed E-state index contributed by atoms with van der Waals surface area (Å²) in [4.78, 5) is 60.6. The number of carboxylic acid groups (broad SMARTS) is 2. The first-order chi connectivity index (χ1) is 23.7. The molecule has 50 heavy (non-hydrogen) atoms. The molecule has 0 bridgehead atoms. The van der Waals surface area contributed by atoms with E-state index >= 15 is 0 Å². The molecule has 0 spiro atoms. The highest BCUT2D eigenvalue weighted by atomic mass is 32.2. The van der Waals surface area contributed by atoms with E-state index < -0.39 is 46.5 Å². The van der Waals surface area contributed by atoms with E-state index in [-0.39, 0.29) is 34.8 Å². The molecule has 258 valence electrons. The number of thioether (sulfide) groups is 1. The Balaban J connectivity index is 1.18. The van der Waals surface area contributed by atoms with Gasteiger partial charge in [0.2, 0.25) is 17.1 Å². The number of carbonyl (C=O) groups is 4. The molecule has 5 heterocycles. The lowest BCUT2D eigenvalue weighted by atomic mass is 10.0. The van der Waals surface area contributed by atoms with Crippen LogP contribution < -0.4 is 26.5 Å². The average Bonchev–Trinajstić information content (AvgIpc) is 3.68. The molecule has 7 N–H and O–H groups in total. The number of β-lactam (4-membered cyclic amide) rings is 1. The SMILES string of the molecule is CC(C)(O/N=C(\C(=O)N[C@@H]1C(=O)N2C(C(=O)[O-])=C(C[n+]3ccc4c(ccn4Cc4ccc(C(=N)N)cc4)c3)CS[C@H]12)c1nsc(N)n1)C(=O)O. The maximum absolute atomic E-state index is 13.3. The average molecular weight is 719 g/mol. The molecule has 2 aliphatic heterocycles. The van der Waals surface area contributed by atoms with Crippen molar-refractivity contribution in [1.82, 2.24) is 24.1 Å². The number of aliphatic carboxylic acids is 2. The molecule has 6 rings (SSSR count). The third kappa shape index (κ3) is 6.59. The number of amides is 2. The number of rotatable bonds is 12. The lowest BCUT2D eigenvalue weighted by Crippen LogP contribution is -2.71. The van der Waals surface area contributed by atoms with Gasteiger partial charge in [0.15, 0.2) is 24.1 Å². The van der Waals surface area contributed by atoms with E-state index in [9.17, 15) is 29.4 Å². The van der Waals surface area contributed by atoms with Gasteiger partial charge >= 0.3 is 5.97 Å². The monoisotopic (exact) mass is 718 g/mol. The first-order valence-electron chi connectivity index (χ1n) is 14.9. The maximum atomic E-state index is 13.3.